The maximum Gasteiger partial charge on any atom is 0.269 e. The van der Waals surface area contributed by atoms with Crippen LogP contribution in [0.15, 0.2) is 48.5 Å². The number of benzene rings is 2. The monoisotopic (exact) mass is 409 g/mol. The third-order valence-electron chi connectivity index (χ3n) is 5.79. The summed E-state index contributed by atoms with van der Waals surface area (Å²) in [6.45, 7) is 5.71. The smallest absolute Gasteiger partial charge is 0.269 e. The van der Waals surface area contributed by atoms with Crippen molar-refractivity contribution in [1.82, 2.24) is 4.90 Å². The van der Waals surface area contributed by atoms with Crippen LogP contribution in [0, 0.1) is 10.1 Å². The van der Waals surface area contributed by atoms with Gasteiger partial charge in [0.1, 0.15) is 0 Å². The van der Waals surface area contributed by atoms with Crippen molar-refractivity contribution in [2.45, 2.75) is 12.8 Å². The molecule has 0 radical (unpaired) electrons. The Bertz CT molecular complexity index is 871. The van der Waals surface area contributed by atoms with E-state index >= 15 is 0 Å². The number of nitrogens with one attached hydrogen (secondary N) is 1. The van der Waals surface area contributed by atoms with Crippen molar-refractivity contribution in [1.29, 1.82) is 0 Å². The first-order valence-corrected chi connectivity index (χ1v) is 10.4. The predicted octanol–water partition coefficient (Wildman–Crippen LogP) is 2.96. The Kier molecular flexibility index (Phi) is 6.13. The summed E-state index contributed by atoms with van der Waals surface area (Å²) < 4.78 is 0. The number of piperazine rings is 1. The van der Waals surface area contributed by atoms with Gasteiger partial charge in [0.15, 0.2) is 0 Å². The number of amides is 1. The van der Waals surface area contributed by atoms with E-state index in [0.29, 0.717) is 6.54 Å². The number of nitro benzene ring substituents is 1. The SMILES string of the molecule is O=C(CN1CCN(c2ccc([N+](=O)[O-])cc2)CC1)Nc1ccc(N2CCCC2)cc1. The Hall–Kier alpha value is -3.13. The first-order valence-electron chi connectivity index (χ1n) is 10.4. The molecule has 1 amide bonds. The molecular formula is C22H27N5O3. The summed E-state index contributed by atoms with van der Waals surface area (Å²) in [5.74, 6) is -0.00675. The summed E-state index contributed by atoms with van der Waals surface area (Å²) in [5.41, 5.74) is 3.12. The molecule has 0 unspecified atom stereocenters. The molecule has 0 saturated carbocycles. The Balaban J connectivity index is 1.23. The van der Waals surface area contributed by atoms with Crippen LogP contribution in [0.3, 0.4) is 0 Å². The van der Waals surface area contributed by atoms with Crippen LogP contribution in [0.25, 0.3) is 0 Å². The molecule has 1 N–H and O–H groups in total. The number of nitrogens with zero attached hydrogens (tertiary/aromatic N) is 4. The molecule has 0 spiro atoms. The first kappa shape index (κ1) is 20.2. The van der Waals surface area contributed by atoms with Gasteiger partial charge in [0.2, 0.25) is 5.91 Å². The normalized spacial score (nSPS) is 17.2. The molecule has 8 heteroatoms. The number of hydrogen-bond acceptors (Lipinski definition) is 6. The highest BCUT2D eigenvalue weighted by molar-refractivity contribution is 5.92. The van der Waals surface area contributed by atoms with Crippen molar-refractivity contribution < 1.29 is 9.72 Å². The minimum Gasteiger partial charge on any atom is -0.372 e. The van der Waals surface area contributed by atoms with Crippen LogP contribution in [0.5, 0.6) is 0 Å². The van der Waals surface area contributed by atoms with E-state index in [9.17, 15) is 14.9 Å². The molecule has 2 aliphatic heterocycles. The maximum atomic E-state index is 12.4. The van der Waals surface area contributed by atoms with Gasteiger partial charge in [-0.25, -0.2) is 0 Å². The van der Waals surface area contributed by atoms with Gasteiger partial charge in [-0.15, -0.1) is 0 Å². The molecule has 2 fully saturated rings. The molecule has 8 nitrogen and oxygen atoms in total. The lowest BCUT2D eigenvalue weighted by Gasteiger charge is -2.35. The van der Waals surface area contributed by atoms with Crippen LogP contribution in [0.2, 0.25) is 0 Å². The molecule has 2 aliphatic rings. The van der Waals surface area contributed by atoms with Gasteiger partial charge in [-0.2, -0.15) is 0 Å². The second-order valence-corrected chi connectivity index (χ2v) is 7.83. The van der Waals surface area contributed by atoms with Crippen molar-refractivity contribution in [3.05, 3.63) is 58.6 Å². The zero-order chi connectivity index (χ0) is 20.9. The molecule has 158 valence electrons. The molecule has 2 heterocycles. The summed E-state index contributed by atoms with van der Waals surface area (Å²) in [7, 11) is 0. The minimum atomic E-state index is -0.389. The average Bonchev–Trinajstić information content (AvgIpc) is 3.30. The quantitative estimate of drug-likeness (QED) is 0.584. The predicted molar refractivity (Wildman–Crippen MR) is 118 cm³/mol. The molecule has 0 bridgehead atoms. The number of carbonyl (C=O) groups excluding carboxylic acids is 1. The number of rotatable bonds is 6. The summed E-state index contributed by atoms with van der Waals surface area (Å²) in [6, 6.07) is 14.7. The second kappa shape index (κ2) is 9.13. The van der Waals surface area contributed by atoms with Crippen molar-refractivity contribution >= 4 is 28.7 Å². The van der Waals surface area contributed by atoms with Gasteiger partial charge in [-0.05, 0) is 49.2 Å². The molecule has 30 heavy (non-hydrogen) atoms. The molecule has 2 aromatic rings. The zero-order valence-corrected chi connectivity index (χ0v) is 17.0. The van der Waals surface area contributed by atoms with E-state index in [4.69, 9.17) is 0 Å². The highest BCUT2D eigenvalue weighted by Crippen LogP contribution is 2.23. The largest absolute Gasteiger partial charge is 0.372 e. The van der Waals surface area contributed by atoms with Crippen molar-refractivity contribution in [2.24, 2.45) is 0 Å². The van der Waals surface area contributed by atoms with Crippen LogP contribution in [-0.4, -0.2) is 61.5 Å². The second-order valence-electron chi connectivity index (χ2n) is 7.83. The summed E-state index contributed by atoms with van der Waals surface area (Å²) in [6.07, 6.45) is 2.49. The van der Waals surface area contributed by atoms with Crippen LogP contribution in [-0.2, 0) is 4.79 Å². The third-order valence-corrected chi connectivity index (χ3v) is 5.79. The molecule has 0 aromatic heterocycles. The Morgan fingerprint density at radius 1 is 0.833 bits per heavy atom. The number of non-ortho nitro benzene ring substituents is 1. The van der Waals surface area contributed by atoms with E-state index in [1.807, 2.05) is 12.1 Å². The fraction of sp³-hybridized carbons (Fsp3) is 0.409. The van der Waals surface area contributed by atoms with E-state index < -0.39 is 0 Å². The standard InChI is InChI=1S/C22H27N5O3/c28-22(23-18-3-5-19(6-4-18)25-11-1-2-12-25)17-24-13-15-26(16-14-24)20-7-9-21(10-8-20)27(29)30/h3-10H,1-2,11-17H2,(H,23,28). The van der Waals surface area contributed by atoms with Gasteiger partial charge in [-0.3, -0.25) is 19.8 Å². The fourth-order valence-corrected chi connectivity index (χ4v) is 4.08. The lowest BCUT2D eigenvalue weighted by atomic mass is 10.2. The van der Waals surface area contributed by atoms with Crippen molar-refractivity contribution in [3.8, 4) is 0 Å². The average molecular weight is 409 g/mol. The molecule has 4 rings (SSSR count). The topological polar surface area (TPSA) is 82.0 Å². The van der Waals surface area contributed by atoms with Crippen LogP contribution in [0.4, 0.5) is 22.7 Å². The molecular weight excluding hydrogens is 382 g/mol. The van der Waals surface area contributed by atoms with E-state index in [2.05, 4.69) is 32.1 Å². The highest BCUT2D eigenvalue weighted by Gasteiger charge is 2.20. The van der Waals surface area contributed by atoms with Gasteiger partial charge in [-0.1, -0.05) is 0 Å². The Morgan fingerprint density at radius 3 is 1.93 bits per heavy atom. The third kappa shape index (κ3) is 4.88. The summed E-state index contributed by atoms with van der Waals surface area (Å²) >= 11 is 0. The van der Waals surface area contributed by atoms with E-state index in [0.717, 1.165) is 50.6 Å². The Labute approximate surface area is 176 Å². The summed E-state index contributed by atoms with van der Waals surface area (Å²) in [4.78, 5) is 29.5. The van der Waals surface area contributed by atoms with Crippen LogP contribution >= 0.6 is 0 Å². The van der Waals surface area contributed by atoms with Gasteiger partial charge in [0, 0.05) is 68.5 Å². The number of anilines is 3. The first-order chi connectivity index (χ1) is 14.6. The molecule has 0 atom stereocenters. The highest BCUT2D eigenvalue weighted by atomic mass is 16.6. The summed E-state index contributed by atoms with van der Waals surface area (Å²) in [5, 5.41) is 13.8. The van der Waals surface area contributed by atoms with E-state index in [1.165, 1.54) is 30.7 Å². The Morgan fingerprint density at radius 2 is 1.37 bits per heavy atom. The van der Waals surface area contributed by atoms with Gasteiger partial charge >= 0.3 is 0 Å². The number of hydrogen-bond donors (Lipinski definition) is 1. The number of nitro groups is 1. The fourth-order valence-electron chi connectivity index (χ4n) is 4.08. The molecule has 2 saturated heterocycles. The van der Waals surface area contributed by atoms with E-state index in [-0.39, 0.29) is 16.5 Å². The molecule has 2 aromatic carbocycles. The minimum absolute atomic E-state index is 0.00675. The van der Waals surface area contributed by atoms with Gasteiger partial charge in [0.05, 0.1) is 11.5 Å². The lowest BCUT2D eigenvalue weighted by Crippen LogP contribution is -2.48. The van der Waals surface area contributed by atoms with Crippen molar-refractivity contribution in [3.63, 3.8) is 0 Å². The van der Waals surface area contributed by atoms with Crippen LogP contribution in [0.1, 0.15) is 12.8 Å². The molecule has 0 aliphatic carbocycles. The van der Waals surface area contributed by atoms with Crippen LogP contribution < -0.4 is 15.1 Å². The van der Waals surface area contributed by atoms with Gasteiger partial charge in [0.25, 0.3) is 5.69 Å². The lowest BCUT2D eigenvalue weighted by molar-refractivity contribution is -0.384. The number of carbonyl (C=O) groups is 1. The zero-order valence-electron chi connectivity index (χ0n) is 17.0. The van der Waals surface area contributed by atoms with Gasteiger partial charge < -0.3 is 15.1 Å². The maximum absolute atomic E-state index is 12.4. The van der Waals surface area contributed by atoms with E-state index in [1.54, 1.807) is 12.1 Å². The van der Waals surface area contributed by atoms with Crippen molar-refractivity contribution in [2.75, 3.05) is 60.9 Å².